The molecule has 0 aromatic rings. The van der Waals surface area contributed by atoms with Gasteiger partial charge in [0, 0.05) is 19.1 Å². The highest BCUT2D eigenvalue weighted by molar-refractivity contribution is 6.14. The number of hydrogen-bond acceptors (Lipinski definition) is 5. The molecule has 0 heterocycles. The number of carbonyl (C=O) groups excluding carboxylic acids is 1. The molecule has 1 aliphatic carbocycles. The fraction of sp³-hybridized carbons (Fsp3) is 0.583. The summed E-state index contributed by atoms with van der Waals surface area (Å²) in [5, 5.41) is 27.2. The average molecular weight is 255 g/mol. The number of aliphatic carboxylic acids is 1. The Bertz CT molecular complexity index is 422. The van der Waals surface area contributed by atoms with Crippen LogP contribution in [0, 0.1) is 5.41 Å². The highest BCUT2D eigenvalue weighted by Crippen LogP contribution is 2.35. The van der Waals surface area contributed by atoms with E-state index in [1.807, 2.05) is 13.8 Å². The number of aliphatic hydroxyl groups excluding tert-OH is 2. The molecule has 0 amide bonds. The number of aliphatic hydroxyl groups is 2. The van der Waals surface area contributed by atoms with Crippen molar-refractivity contribution in [2.75, 3.05) is 6.61 Å². The van der Waals surface area contributed by atoms with Gasteiger partial charge in [-0.3, -0.25) is 9.79 Å². The van der Waals surface area contributed by atoms with Gasteiger partial charge in [0.05, 0.1) is 12.2 Å². The number of hydrogen-bond donors (Lipinski definition) is 3. The van der Waals surface area contributed by atoms with Crippen LogP contribution < -0.4 is 0 Å². The van der Waals surface area contributed by atoms with Crippen molar-refractivity contribution in [3.63, 3.8) is 0 Å². The fourth-order valence-electron chi connectivity index (χ4n) is 1.80. The molecule has 100 valence electrons. The van der Waals surface area contributed by atoms with Crippen LogP contribution in [0.1, 0.15) is 26.7 Å². The van der Waals surface area contributed by atoms with Crippen molar-refractivity contribution in [1.82, 2.24) is 0 Å². The molecule has 3 N–H and O–H groups in total. The van der Waals surface area contributed by atoms with Gasteiger partial charge in [-0.25, -0.2) is 4.79 Å². The molecule has 0 saturated heterocycles. The molecule has 0 aromatic carbocycles. The zero-order valence-corrected chi connectivity index (χ0v) is 10.4. The summed E-state index contributed by atoms with van der Waals surface area (Å²) in [4.78, 5) is 26.0. The van der Waals surface area contributed by atoms with E-state index in [1.165, 1.54) is 0 Å². The molecule has 0 bridgehead atoms. The highest BCUT2D eigenvalue weighted by Gasteiger charge is 2.32. The second kappa shape index (κ2) is 5.30. The predicted molar refractivity (Wildman–Crippen MR) is 64.7 cm³/mol. The highest BCUT2D eigenvalue weighted by atomic mass is 16.4. The zero-order chi connectivity index (χ0) is 13.9. The van der Waals surface area contributed by atoms with E-state index in [4.69, 9.17) is 10.2 Å². The van der Waals surface area contributed by atoms with E-state index in [2.05, 4.69) is 4.99 Å². The van der Waals surface area contributed by atoms with Crippen LogP contribution >= 0.6 is 0 Å². The first-order valence-electron chi connectivity index (χ1n) is 5.59. The van der Waals surface area contributed by atoms with Crippen molar-refractivity contribution in [2.24, 2.45) is 10.4 Å². The molecule has 0 unspecified atom stereocenters. The molecular formula is C12H17NO5. The minimum absolute atomic E-state index is 0.0361. The number of nitrogens with zero attached hydrogens (tertiary/aromatic N) is 1. The number of carboxylic acid groups (broad SMARTS) is 1. The first-order chi connectivity index (χ1) is 8.26. The van der Waals surface area contributed by atoms with Gasteiger partial charge in [0.1, 0.15) is 5.76 Å². The van der Waals surface area contributed by atoms with E-state index >= 15 is 0 Å². The van der Waals surface area contributed by atoms with Gasteiger partial charge in [0.2, 0.25) is 0 Å². The molecule has 6 nitrogen and oxygen atoms in total. The van der Waals surface area contributed by atoms with Gasteiger partial charge in [-0.15, -0.1) is 0 Å². The summed E-state index contributed by atoms with van der Waals surface area (Å²) < 4.78 is 0. The number of Topliss-reactive ketones (excluding diaryl/α,β-unsaturated/α-hetero) is 1. The Hall–Kier alpha value is -1.69. The summed E-state index contributed by atoms with van der Waals surface area (Å²) in [6.07, 6.45) is 1.66. The summed E-state index contributed by atoms with van der Waals surface area (Å²) >= 11 is 0. The third-order valence-electron chi connectivity index (χ3n) is 2.74. The van der Waals surface area contributed by atoms with Crippen LogP contribution in [-0.4, -0.2) is 45.9 Å². The maximum atomic E-state index is 11.8. The Labute approximate surface area is 105 Å². The number of rotatable bonds is 4. The summed E-state index contributed by atoms with van der Waals surface area (Å²) in [7, 11) is 0. The van der Waals surface area contributed by atoms with E-state index in [1.54, 1.807) is 0 Å². The maximum Gasteiger partial charge on any atom is 0.330 e. The van der Waals surface area contributed by atoms with Crippen molar-refractivity contribution in [3.05, 3.63) is 11.3 Å². The monoisotopic (exact) mass is 255 g/mol. The molecule has 0 radical (unpaired) electrons. The normalized spacial score (nSPS) is 21.4. The molecule has 1 atom stereocenters. The lowest BCUT2D eigenvalue weighted by atomic mass is 9.77. The van der Waals surface area contributed by atoms with E-state index in [-0.39, 0.29) is 29.0 Å². The Morgan fingerprint density at radius 2 is 2.11 bits per heavy atom. The van der Waals surface area contributed by atoms with Crippen LogP contribution in [0.25, 0.3) is 0 Å². The molecule has 1 aliphatic rings. The molecule has 0 spiro atoms. The predicted octanol–water partition coefficient (Wildman–Crippen LogP) is 0.704. The van der Waals surface area contributed by atoms with Crippen molar-refractivity contribution < 1.29 is 24.9 Å². The molecule has 0 saturated carbocycles. The second-order valence-corrected chi connectivity index (χ2v) is 5.12. The van der Waals surface area contributed by atoms with Crippen LogP contribution in [0.4, 0.5) is 0 Å². The van der Waals surface area contributed by atoms with Crippen molar-refractivity contribution in [3.8, 4) is 0 Å². The number of carboxylic acids is 1. The van der Waals surface area contributed by atoms with Crippen molar-refractivity contribution >= 4 is 18.0 Å². The summed E-state index contributed by atoms with van der Waals surface area (Å²) in [5.74, 6) is -1.63. The first-order valence-corrected chi connectivity index (χ1v) is 5.59. The quantitative estimate of drug-likeness (QED) is 0.641. The number of allylic oxidation sites excluding steroid dienone is 2. The van der Waals surface area contributed by atoms with Gasteiger partial charge in [-0.05, 0) is 5.41 Å². The molecule has 1 rings (SSSR count). The molecule has 0 aromatic heterocycles. The van der Waals surface area contributed by atoms with E-state index in [9.17, 15) is 14.7 Å². The van der Waals surface area contributed by atoms with Gasteiger partial charge in [-0.1, -0.05) is 13.8 Å². The SMILES string of the molecule is CC1(C)CC(=O)C(C=N[C@@H](CO)C(=O)O)=C(O)C1. The standard InChI is InChI=1S/C12H17NO5/c1-12(2)3-9(15)7(10(16)4-12)5-13-8(6-14)11(17)18/h5,8,14-15H,3-4,6H2,1-2H3,(H,17,18)/t8-/m0/s1. The zero-order valence-electron chi connectivity index (χ0n) is 10.4. The Morgan fingerprint density at radius 3 is 2.56 bits per heavy atom. The minimum Gasteiger partial charge on any atom is -0.511 e. The Kier molecular flexibility index (Phi) is 4.24. The lowest BCUT2D eigenvalue weighted by Gasteiger charge is -2.28. The Balaban J connectivity index is 2.93. The topological polar surface area (TPSA) is 107 Å². The first kappa shape index (κ1) is 14.4. The maximum absolute atomic E-state index is 11.8. The molecule has 18 heavy (non-hydrogen) atoms. The number of ketones is 1. The lowest BCUT2D eigenvalue weighted by molar-refractivity contribution is -0.139. The molecular weight excluding hydrogens is 238 g/mol. The van der Waals surface area contributed by atoms with E-state index < -0.39 is 18.6 Å². The fourth-order valence-corrected chi connectivity index (χ4v) is 1.80. The van der Waals surface area contributed by atoms with Gasteiger partial charge < -0.3 is 15.3 Å². The number of carbonyl (C=O) groups is 2. The lowest BCUT2D eigenvalue weighted by Crippen LogP contribution is -2.27. The van der Waals surface area contributed by atoms with Crippen LogP contribution in [0.3, 0.4) is 0 Å². The largest absolute Gasteiger partial charge is 0.511 e. The molecule has 0 aliphatic heterocycles. The number of aliphatic imine (C=N–C) groups is 1. The summed E-state index contributed by atoms with van der Waals surface area (Å²) in [5.41, 5.74) is -0.268. The Morgan fingerprint density at radius 1 is 1.50 bits per heavy atom. The van der Waals surface area contributed by atoms with Crippen LogP contribution in [0.5, 0.6) is 0 Å². The van der Waals surface area contributed by atoms with Crippen LogP contribution in [-0.2, 0) is 9.59 Å². The van der Waals surface area contributed by atoms with E-state index in [0.29, 0.717) is 6.42 Å². The van der Waals surface area contributed by atoms with Crippen molar-refractivity contribution in [2.45, 2.75) is 32.7 Å². The minimum atomic E-state index is -1.31. The summed E-state index contributed by atoms with van der Waals surface area (Å²) in [6.45, 7) is 3.07. The van der Waals surface area contributed by atoms with Gasteiger partial charge in [0.25, 0.3) is 0 Å². The smallest absolute Gasteiger partial charge is 0.330 e. The van der Waals surface area contributed by atoms with Crippen molar-refractivity contribution in [1.29, 1.82) is 0 Å². The third kappa shape index (κ3) is 3.40. The van der Waals surface area contributed by atoms with Crippen LogP contribution in [0.15, 0.2) is 16.3 Å². The van der Waals surface area contributed by atoms with Crippen LogP contribution in [0.2, 0.25) is 0 Å². The third-order valence-corrected chi connectivity index (χ3v) is 2.74. The molecule has 0 fully saturated rings. The van der Waals surface area contributed by atoms with Gasteiger partial charge in [-0.2, -0.15) is 0 Å². The van der Waals surface area contributed by atoms with Gasteiger partial charge >= 0.3 is 5.97 Å². The van der Waals surface area contributed by atoms with E-state index in [0.717, 1.165) is 6.21 Å². The van der Waals surface area contributed by atoms with Gasteiger partial charge in [0.15, 0.2) is 11.8 Å². The average Bonchev–Trinajstić information content (AvgIpc) is 2.20. The second-order valence-electron chi connectivity index (χ2n) is 5.12. The summed E-state index contributed by atoms with van der Waals surface area (Å²) in [6, 6.07) is -1.31. The molecule has 6 heteroatoms.